The van der Waals surface area contributed by atoms with E-state index in [1.807, 2.05) is 78.9 Å². The maximum absolute atomic E-state index is 13.3. The molecule has 2 N–H and O–H groups in total. The van der Waals surface area contributed by atoms with Crippen LogP contribution in [-0.4, -0.2) is 17.7 Å². The van der Waals surface area contributed by atoms with Gasteiger partial charge in [0, 0.05) is 16.3 Å². The minimum Gasteiger partial charge on any atom is -0.376 e. The lowest BCUT2D eigenvalue weighted by Gasteiger charge is -2.29. The number of carbonyl (C=O) groups excluding carboxylic acids is 2. The molecule has 1 amide bonds. The maximum Gasteiger partial charge on any atom is 0.252 e. The van der Waals surface area contributed by atoms with Crippen LogP contribution in [0.5, 0.6) is 0 Å². The molecule has 0 saturated carbocycles. The van der Waals surface area contributed by atoms with Crippen molar-refractivity contribution < 1.29 is 9.59 Å². The van der Waals surface area contributed by atoms with E-state index in [1.54, 1.807) is 18.2 Å². The summed E-state index contributed by atoms with van der Waals surface area (Å²) in [6.07, 6.45) is 0. The highest BCUT2D eigenvalue weighted by molar-refractivity contribution is 6.30. The molecule has 0 bridgehead atoms. The molecule has 4 nitrogen and oxygen atoms in total. The van der Waals surface area contributed by atoms with Gasteiger partial charge in [-0.2, -0.15) is 0 Å². The molecular formula is C27H23ClN2O2. The number of para-hydroxylation sites is 1. The van der Waals surface area contributed by atoms with Gasteiger partial charge in [-0.1, -0.05) is 78.3 Å². The minimum absolute atomic E-state index is 0.151. The summed E-state index contributed by atoms with van der Waals surface area (Å²) < 4.78 is 0. The van der Waals surface area contributed by atoms with Gasteiger partial charge in [0.1, 0.15) is 6.04 Å². The third-order valence-corrected chi connectivity index (χ3v) is 5.67. The molecule has 4 aromatic rings. The first kappa shape index (κ1) is 21.6. The normalized spacial score (nSPS) is 12.7. The van der Waals surface area contributed by atoms with Gasteiger partial charge >= 0.3 is 0 Å². The molecule has 2 unspecified atom stereocenters. The highest BCUT2D eigenvalue weighted by Crippen LogP contribution is 2.26. The molecule has 0 aromatic heterocycles. The van der Waals surface area contributed by atoms with Crippen molar-refractivity contribution in [1.82, 2.24) is 5.32 Å². The summed E-state index contributed by atoms with van der Waals surface area (Å²) in [5.41, 5.74) is 2.22. The van der Waals surface area contributed by atoms with Crippen LogP contribution in [-0.2, 0) is 4.79 Å². The number of ketones is 1. The molecule has 0 aliphatic rings. The maximum atomic E-state index is 13.3. The van der Waals surface area contributed by atoms with Crippen molar-refractivity contribution in [2.75, 3.05) is 5.32 Å². The number of hydrogen-bond donors (Lipinski definition) is 2. The molecule has 0 radical (unpaired) electrons. The number of fused-ring (bicyclic) bond motifs is 1. The average molecular weight is 443 g/mol. The molecule has 160 valence electrons. The molecule has 0 heterocycles. The highest BCUT2D eigenvalue weighted by atomic mass is 35.5. The fourth-order valence-electron chi connectivity index (χ4n) is 3.81. The van der Waals surface area contributed by atoms with Crippen LogP contribution in [0.4, 0.5) is 5.69 Å². The molecule has 0 saturated heterocycles. The summed E-state index contributed by atoms with van der Waals surface area (Å²) >= 11 is 6.08. The Morgan fingerprint density at radius 1 is 0.781 bits per heavy atom. The van der Waals surface area contributed by atoms with E-state index < -0.39 is 12.1 Å². The molecule has 0 aliphatic carbocycles. The lowest BCUT2D eigenvalue weighted by Crippen LogP contribution is -2.46. The first-order valence-corrected chi connectivity index (χ1v) is 10.8. The number of amides is 1. The van der Waals surface area contributed by atoms with Crippen molar-refractivity contribution in [3.8, 4) is 0 Å². The van der Waals surface area contributed by atoms with Gasteiger partial charge in [0.15, 0.2) is 5.78 Å². The number of anilines is 1. The first-order chi connectivity index (χ1) is 15.5. The van der Waals surface area contributed by atoms with Crippen LogP contribution >= 0.6 is 11.6 Å². The van der Waals surface area contributed by atoms with Crippen molar-refractivity contribution in [1.29, 1.82) is 0 Å². The van der Waals surface area contributed by atoms with Gasteiger partial charge in [-0.25, -0.2) is 0 Å². The number of hydrogen-bond acceptors (Lipinski definition) is 3. The molecule has 5 heteroatoms. The lowest BCUT2D eigenvalue weighted by molar-refractivity contribution is -0.119. The van der Waals surface area contributed by atoms with E-state index in [0.29, 0.717) is 10.6 Å². The van der Waals surface area contributed by atoms with E-state index in [1.165, 1.54) is 6.92 Å². The quantitative estimate of drug-likeness (QED) is 0.367. The zero-order valence-corrected chi connectivity index (χ0v) is 18.3. The molecule has 4 aromatic carbocycles. The zero-order chi connectivity index (χ0) is 22.5. The lowest BCUT2D eigenvalue weighted by atomic mass is 9.95. The number of carbonyl (C=O) groups is 2. The monoisotopic (exact) mass is 442 g/mol. The highest BCUT2D eigenvalue weighted by Gasteiger charge is 2.29. The standard InChI is InChI=1S/C27H23ClN2O2/c1-18(31)25(30-27(32)24-13-7-9-19-8-5-6-12-23(19)24)26(20-14-16-21(28)17-15-20)29-22-10-3-2-4-11-22/h2-17,25-26,29H,1H3,(H,30,32). The van der Waals surface area contributed by atoms with Crippen LogP contribution in [0.1, 0.15) is 28.9 Å². The summed E-state index contributed by atoms with van der Waals surface area (Å²) in [6.45, 7) is 1.49. The number of benzene rings is 4. The second-order valence-corrected chi connectivity index (χ2v) is 8.06. The predicted octanol–water partition coefficient (Wildman–Crippen LogP) is 6.03. The Morgan fingerprint density at radius 3 is 2.16 bits per heavy atom. The molecular weight excluding hydrogens is 420 g/mol. The summed E-state index contributed by atoms with van der Waals surface area (Å²) in [4.78, 5) is 26.1. The van der Waals surface area contributed by atoms with Gasteiger partial charge in [0.25, 0.3) is 5.91 Å². The van der Waals surface area contributed by atoms with Crippen LogP contribution in [0, 0.1) is 0 Å². The number of rotatable bonds is 7. The molecule has 0 fully saturated rings. The third-order valence-electron chi connectivity index (χ3n) is 5.42. The van der Waals surface area contributed by atoms with Crippen molar-refractivity contribution in [3.63, 3.8) is 0 Å². The summed E-state index contributed by atoms with van der Waals surface area (Å²) in [7, 11) is 0. The van der Waals surface area contributed by atoms with Crippen molar-refractivity contribution in [2.24, 2.45) is 0 Å². The fourth-order valence-corrected chi connectivity index (χ4v) is 3.93. The van der Waals surface area contributed by atoms with Crippen LogP contribution in [0.25, 0.3) is 10.8 Å². The number of Topliss-reactive ketones (excluding diaryl/α,β-unsaturated/α-hetero) is 1. The van der Waals surface area contributed by atoms with Gasteiger partial charge in [-0.3, -0.25) is 9.59 Å². The van der Waals surface area contributed by atoms with E-state index in [2.05, 4.69) is 10.6 Å². The van der Waals surface area contributed by atoms with Gasteiger partial charge in [-0.05, 0) is 53.6 Å². The molecule has 0 spiro atoms. The minimum atomic E-state index is -0.789. The molecule has 2 atom stereocenters. The zero-order valence-electron chi connectivity index (χ0n) is 17.6. The molecule has 0 aliphatic heterocycles. The van der Waals surface area contributed by atoms with Crippen LogP contribution in [0.15, 0.2) is 97.1 Å². The summed E-state index contributed by atoms with van der Waals surface area (Å²) in [5.74, 6) is -0.446. The second kappa shape index (κ2) is 9.67. The Morgan fingerprint density at radius 2 is 1.44 bits per heavy atom. The van der Waals surface area contributed by atoms with Gasteiger partial charge in [0.2, 0.25) is 0 Å². The number of nitrogens with one attached hydrogen (secondary N) is 2. The Kier molecular flexibility index (Phi) is 6.52. The van der Waals surface area contributed by atoms with E-state index in [4.69, 9.17) is 11.6 Å². The SMILES string of the molecule is CC(=O)C(NC(=O)c1cccc2ccccc12)C(Nc1ccccc1)c1ccc(Cl)cc1. The molecule has 4 rings (SSSR count). The van der Waals surface area contributed by atoms with E-state index in [-0.39, 0.29) is 11.7 Å². The topological polar surface area (TPSA) is 58.2 Å². The first-order valence-electron chi connectivity index (χ1n) is 10.4. The van der Waals surface area contributed by atoms with E-state index in [0.717, 1.165) is 22.0 Å². The smallest absolute Gasteiger partial charge is 0.252 e. The Bertz CT molecular complexity index is 1230. The van der Waals surface area contributed by atoms with Crippen molar-refractivity contribution >= 4 is 39.8 Å². The van der Waals surface area contributed by atoms with Crippen molar-refractivity contribution in [3.05, 3.63) is 113 Å². The van der Waals surface area contributed by atoms with E-state index >= 15 is 0 Å². The van der Waals surface area contributed by atoms with Gasteiger partial charge < -0.3 is 10.6 Å². The number of halogens is 1. The predicted molar refractivity (Wildman–Crippen MR) is 130 cm³/mol. The van der Waals surface area contributed by atoms with Gasteiger partial charge in [-0.15, -0.1) is 0 Å². The Labute approximate surface area is 192 Å². The summed E-state index contributed by atoms with van der Waals surface area (Å²) in [5, 5.41) is 8.80. The molecule has 32 heavy (non-hydrogen) atoms. The second-order valence-electron chi connectivity index (χ2n) is 7.63. The Balaban J connectivity index is 1.70. The fraction of sp³-hybridized carbons (Fsp3) is 0.111. The largest absolute Gasteiger partial charge is 0.376 e. The third kappa shape index (κ3) is 4.82. The van der Waals surface area contributed by atoms with Gasteiger partial charge in [0.05, 0.1) is 6.04 Å². The van der Waals surface area contributed by atoms with Crippen LogP contribution in [0.3, 0.4) is 0 Å². The van der Waals surface area contributed by atoms with Crippen LogP contribution < -0.4 is 10.6 Å². The average Bonchev–Trinajstić information content (AvgIpc) is 2.82. The van der Waals surface area contributed by atoms with E-state index in [9.17, 15) is 9.59 Å². The summed E-state index contributed by atoms with van der Waals surface area (Å²) in [6, 6.07) is 28.9. The van der Waals surface area contributed by atoms with Crippen molar-refractivity contribution in [2.45, 2.75) is 19.0 Å². The Hall–Kier alpha value is -3.63. The van der Waals surface area contributed by atoms with Crippen LogP contribution in [0.2, 0.25) is 5.02 Å².